The molecule has 0 bridgehead atoms. The van der Waals surface area contributed by atoms with Crippen LogP contribution in [0.2, 0.25) is 0 Å². The second-order valence-corrected chi connectivity index (χ2v) is 18.0. The van der Waals surface area contributed by atoms with Crippen LogP contribution in [0.25, 0.3) is 0 Å². The van der Waals surface area contributed by atoms with E-state index in [0.717, 1.165) is 49.0 Å². The van der Waals surface area contributed by atoms with Crippen LogP contribution in [0.4, 0.5) is 14.4 Å². The Morgan fingerprint density at radius 1 is 0.931 bits per heavy atom. The standard InChI is InChI=1S/C42H65N7O9/c1-26(33-23-48(25-43-33)38(54)46-31(21-28-15-11-9-12-16-28)36(52)35(51)30-19-20-30)44-37(53)32(22-29-17-13-10-14-18-29)45-34(50)24-49(42(6,7)8)40(56)58-27(2)57-39(55)47-41(3,4)5/h10,13-14,17-18,25-26,28,30-33,35-36,51-52H,2,9,11-12,15-16,19-24H2,1,3-8H3,(H,44,53)(H,45,50)(H,46,54)(H,47,55)/t26-,31-,32-,33-,35-,36+/m0/s1. The summed E-state index contributed by atoms with van der Waals surface area (Å²) in [7, 11) is 0. The van der Waals surface area contributed by atoms with Crippen molar-refractivity contribution in [3.05, 3.63) is 48.4 Å². The van der Waals surface area contributed by atoms with Gasteiger partial charge in [-0.3, -0.25) is 24.4 Å². The number of alkyl carbamates (subject to hydrolysis) is 1. The maximum atomic E-state index is 13.9. The lowest BCUT2D eigenvalue weighted by Crippen LogP contribution is -2.56. The molecule has 16 heteroatoms. The molecule has 2 aliphatic carbocycles. The Morgan fingerprint density at radius 2 is 1.59 bits per heavy atom. The minimum Gasteiger partial charge on any atom is -0.390 e. The number of urea groups is 1. The third-order valence-electron chi connectivity index (χ3n) is 10.6. The summed E-state index contributed by atoms with van der Waals surface area (Å²) in [4.78, 5) is 73.4. The molecule has 2 saturated carbocycles. The quantitative estimate of drug-likeness (QED) is 0.131. The number of carbonyl (C=O) groups is 5. The van der Waals surface area contributed by atoms with Crippen molar-refractivity contribution in [3.8, 4) is 0 Å². The second-order valence-electron chi connectivity index (χ2n) is 18.0. The Labute approximate surface area is 342 Å². The van der Waals surface area contributed by atoms with Crippen molar-refractivity contribution in [1.29, 1.82) is 0 Å². The minimum atomic E-state index is -1.08. The Balaban J connectivity index is 1.37. The molecule has 0 unspecified atom stereocenters. The number of aliphatic hydroxyl groups is 2. The number of hydrogen-bond donors (Lipinski definition) is 6. The van der Waals surface area contributed by atoms with Gasteiger partial charge >= 0.3 is 18.2 Å². The van der Waals surface area contributed by atoms with E-state index in [1.54, 1.807) is 48.5 Å². The molecule has 0 radical (unpaired) electrons. The summed E-state index contributed by atoms with van der Waals surface area (Å²) < 4.78 is 10.2. The van der Waals surface area contributed by atoms with Gasteiger partial charge in [-0.2, -0.15) is 0 Å². The SMILES string of the molecule is C=C(OC(=O)NC(C)(C)C)OC(=O)N(CC(=O)N[C@@H](Cc1ccccc1)C(=O)N[C@@H](C)[C@@H]1CN(C(=O)N[C@@H](CC2CCCCC2)[C@@H](O)[C@@H](O)C2CC2)C=N1)C(C)(C)C. The Bertz CT molecular complexity index is 1620. The van der Waals surface area contributed by atoms with Crippen molar-refractivity contribution >= 4 is 36.4 Å². The summed E-state index contributed by atoms with van der Waals surface area (Å²) >= 11 is 0. The highest BCUT2D eigenvalue weighted by atomic mass is 16.7. The number of nitrogens with one attached hydrogen (secondary N) is 4. The lowest BCUT2D eigenvalue weighted by atomic mass is 9.82. The second kappa shape index (κ2) is 20.3. The van der Waals surface area contributed by atoms with Gasteiger partial charge in [-0.1, -0.05) is 62.4 Å². The summed E-state index contributed by atoms with van der Waals surface area (Å²) in [5.41, 5.74) is -0.762. The smallest absolute Gasteiger partial charge is 0.390 e. The molecule has 1 heterocycles. The zero-order chi connectivity index (χ0) is 42.8. The van der Waals surface area contributed by atoms with E-state index in [1.807, 2.05) is 30.3 Å². The van der Waals surface area contributed by atoms with Crippen molar-refractivity contribution < 1.29 is 43.7 Å². The first-order valence-corrected chi connectivity index (χ1v) is 20.5. The fourth-order valence-corrected chi connectivity index (χ4v) is 7.19. The number of benzene rings is 1. The highest BCUT2D eigenvalue weighted by Gasteiger charge is 2.40. The van der Waals surface area contributed by atoms with Crippen molar-refractivity contribution in [1.82, 2.24) is 31.1 Å². The Kier molecular flexibility index (Phi) is 16.1. The molecule has 1 aromatic rings. The average molecular weight is 812 g/mol. The molecule has 6 amide bonds. The van der Waals surface area contributed by atoms with Crippen LogP contribution < -0.4 is 21.3 Å². The van der Waals surface area contributed by atoms with E-state index in [0.29, 0.717) is 12.3 Å². The van der Waals surface area contributed by atoms with Gasteiger partial charge in [0.25, 0.3) is 5.95 Å². The Morgan fingerprint density at radius 3 is 2.19 bits per heavy atom. The topological polar surface area (TPSA) is 211 Å². The number of aliphatic hydroxyl groups excluding tert-OH is 2. The molecule has 16 nitrogen and oxygen atoms in total. The first-order chi connectivity index (χ1) is 27.2. The van der Waals surface area contributed by atoms with E-state index < -0.39 is 90.0 Å². The molecule has 0 saturated heterocycles. The summed E-state index contributed by atoms with van der Waals surface area (Å²) in [5, 5.41) is 33.2. The lowest BCUT2D eigenvalue weighted by Gasteiger charge is -2.34. The number of rotatable bonds is 16. The van der Waals surface area contributed by atoms with Gasteiger partial charge in [0.1, 0.15) is 18.7 Å². The average Bonchev–Trinajstić information content (AvgIpc) is 3.87. The third kappa shape index (κ3) is 14.6. The molecule has 1 aromatic carbocycles. The van der Waals surface area contributed by atoms with E-state index in [-0.39, 0.29) is 18.9 Å². The van der Waals surface area contributed by atoms with Crippen molar-refractivity contribution in [2.45, 2.75) is 154 Å². The molecule has 58 heavy (non-hydrogen) atoms. The van der Waals surface area contributed by atoms with Gasteiger partial charge in [-0.05, 0) is 91.7 Å². The zero-order valence-corrected chi connectivity index (χ0v) is 35.2. The molecule has 1 aliphatic heterocycles. The Hall–Kier alpha value is -4.70. The highest BCUT2D eigenvalue weighted by molar-refractivity contribution is 5.90. The third-order valence-corrected chi connectivity index (χ3v) is 10.6. The van der Waals surface area contributed by atoms with Crippen molar-refractivity contribution in [2.24, 2.45) is 16.8 Å². The molecular weight excluding hydrogens is 747 g/mol. The lowest BCUT2D eigenvalue weighted by molar-refractivity contribution is -0.130. The normalized spacial score (nSPS) is 19.8. The molecule has 0 aromatic heterocycles. The van der Waals surface area contributed by atoms with Gasteiger partial charge < -0.3 is 41.0 Å². The fourth-order valence-electron chi connectivity index (χ4n) is 7.19. The van der Waals surface area contributed by atoms with Crippen LogP contribution in [0.5, 0.6) is 0 Å². The van der Waals surface area contributed by atoms with E-state index in [1.165, 1.54) is 17.7 Å². The van der Waals surface area contributed by atoms with Gasteiger partial charge in [0.15, 0.2) is 0 Å². The molecule has 322 valence electrons. The summed E-state index contributed by atoms with van der Waals surface area (Å²) in [5.74, 6) is -1.31. The molecule has 6 N–H and O–H groups in total. The molecule has 0 spiro atoms. The fraction of sp³-hybridized carbons (Fsp3) is 0.667. The van der Waals surface area contributed by atoms with Crippen LogP contribution in [0.1, 0.15) is 105 Å². The minimum absolute atomic E-state index is 0.0484. The van der Waals surface area contributed by atoms with E-state index in [2.05, 4.69) is 32.8 Å². The largest absolute Gasteiger partial charge is 0.418 e. The predicted octanol–water partition coefficient (Wildman–Crippen LogP) is 4.34. The first kappa shape index (κ1) is 46.0. The maximum Gasteiger partial charge on any atom is 0.418 e. The molecule has 3 aliphatic rings. The molecule has 6 atom stereocenters. The van der Waals surface area contributed by atoms with Gasteiger partial charge in [-0.15, -0.1) is 0 Å². The van der Waals surface area contributed by atoms with Crippen molar-refractivity contribution in [3.63, 3.8) is 0 Å². The predicted molar refractivity (Wildman–Crippen MR) is 218 cm³/mol. The van der Waals surface area contributed by atoms with Gasteiger partial charge in [-0.25, -0.2) is 14.4 Å². The number of aliphatic imine (C=N–C) groups is 1. The number of ether oxygens (including phenoxy) is 2. The van der Waals surface area contributed by atoms with Gasteiger partial charge in [0.05, 0.1) is 37.1 Å². The van der Waals surface area contributed by atoms with Gasteiger partial charge in [0.2, 0.25) is 11.8 Å². The van der Waals surface area contributed by atoms with Crippen LogP contribution in [0.3, 0.4) is 0 Å². The monoisotopic (exact) mass is 811 g/mol. The van der Waals surface area contributed by atoms with Crippen LogP contribution >= 0.6 is 0 Å². The molecule has 2 fully saturated rings. The van der Waals surface area contributed by atoms with Crippen LogP contribution in [-0.2, 0) is 25.5 Å². The first-order valence-electron chi connectivity index (χ1n) is 20.5. The van der Waals surface area contributed by atoms with E-state index >= 15 is 0 Å². The number of carbonyl (C=O) groups excluding carboxylic acids is 5. The highest BCUT2D eigenvalue weighted by Crippen LogP contribution is 2.36. The van der Waals surface area contributed by atoms with Crippen molar-refractivity contribution in [2.75, 3.05) is 13.1 Å². The van der Waals surface area contributed by atoms with Crippen LogP contribution in [-0.4, -0.2) is 117 Å². The number of amides is 6. The molecular formula is C42H65N7O9. The van der Waals surface area contributed by atoms with Crippen LogP contribution in [0, 0.1) is 11.8 Å². The van der Waals surface area contributed by atoms with Gasteiger partial charge in [0, 0.05) is 17.5 Å². The zero-order valence-electron chi connectivity index (χ0n) is 35.2. The van der Waals surface area contributed by atoms with Crippen LogP contribution in [0.15, 0.2) is 47.8 Å². The summed E-state index contributed by atoms with van der Waals surface area (Å²) in [6, 6.07) is 5.97. The maximum absolute atomic E-state index is 13.9. The van der Waals surface area contributed by atoms with E-state index in [9.17, 15) is 34.2 Å². The number of nitrogens with zero attached hydrogens (tertiary/aromatic N) is 3. The number of hydrogen-bond acceptors (Lipinski definition) is 10. The molecule has 4 rings (SSSR count). The summed E-state index contributed by atoms with van der Waals surface area (Å²) in [6.45, 7) is 15.2. The summed E-state index contributed by atoms with van der Waals surface area (Å²) in [6.07, 6.45) is 5.50. The van der Waals surface area contributed by atoms with E-state index in [4.69, 9.17) is 9.47 Å².